The Morgan fingerprint density at radius 2 is 1.23 bits per heavy atom. The molecule has 6 rings (SSSR count). The summed E-state index contributed by atoms with van der Waals surface area (Å²) in [7, 11) is 0. The van der Waals surface area contributed by atoms with Gasteiger partial charge in [-0.1, -0.05) is 11.6 Å². The van der Waals surface area contributed by atoms with Gasteiger partial charge in [0.2, 0.25) is 5.95 Å². The number of benzene rings is 1. The second-order valence-electron chi connectivity index (χ2n) is 12.3. The number of aryl methyl sites for hydroxylation is 2. The molecule has 0 aliphatic carbocycles. The SMILES string of the molecule is O=C(Nc1ccc2cc1CCc1cncc(c1)Nc1ncc(Cl)c(n1)N2)N1CCC(c2cnccn2)C1.O=C(O)C(F)(F)F.O=C(O)C(F)(F)F.O=C(O)C(F)(F)F.O=C(O)C(F)(F)F. The lowest BCUT2D eigenvalue weighted by Crippen LogP contribution is -2.33. The maximum Gasteiger partial charge on any atom is 0.490 e. The van der Waals surface area contributed by atoms with Crippen molar-refractivity contribution in [2.45, 2.75) is 49.9 Å². The number of aromatic nitrogens is 5. The van der Waals surface area contributed by atoms with Gasteiger partial charge in [-0.3, -0.25) is 15.0 Å². The summed E-state index contributed by atoms with van der Waals surface area (Å²) in [6.45, 7) is 1.28. The van der Waals surface area contributed by atoms with Crippen LogP contribution in [0, 0.1) is 0 Å². The van der Waals surface area contributed by atoms with Gasteiger partial charge in [0.15, 0.2) is 5.82 Å². The minimum absolute atomic E-state index is 0.123. The Kier molecular flexibility index (Phi) is 19.0. The first-order valence-electron chi connectivity index (χ1n) is 17.0. The van der Waals surface area contributed by atoms with E-state index in [1.54, 1.807) is 31.0 Å². The smallest absolute Gasteiger partial charge is 0.475 e. The number of nitrogens with zero attached hydrogens (tertiary/aromatic N) is 6. The summed E-state index contributed by atoms with van der Waals surface area (Å²) in [6.07, 6.45) is -7.77. The molecular formula is C34H28ClF12N9O9. The van der Waals surface area contributed by atoms with E-state index in [2.05, 4.69) is 40.9 Å². The highest BCUT2D eigenvalue weighted by atomic mass is 35.5. The summed E-state index contributed by atoms with van der Waals surface area (Å²) in [6, 6.07) is 7.73. The number of alkyl halides is 12. The molecule has 65 heavy (non-hydrogen) atoms. The fraction of sp³-hybridized carbons (Fsp3) is 0.294. The van der Waals surface area contributed by atoms with E-state index < -0.39 is 48.6 Å². The lowest BCUT2D eigenvalue weighted by Gasteiger charge is -2.20. The zero-order valence-electron chi connectivity index (χ0n) is 31.8. The van der Waals surface area contributed by atoms with Crippen LogP contribution in [0.2, 0.25) is 5.02 Å². The van der Waals surface area contributed by atoms with Crippen molar-refractivity contribution in [1.82, 2.24) is 29.8 Å². The maximum absolute atomic E-state index is 13.2. The summed E-state index contributed by atoms with van der Waals surface area (Å²) in [5, 5.41) is 38.5. The molecule has 31 heteroatoms. The van der Waals surface area contributed by atoms with Crippen LogP contribution in [-0.4, -0.2) is 118 Å². The highest BCUT2D eigenvalue weighted by Gasteiger charge is 2.40. The molecule has 0 spiro atoms. The number of urea groups is 1. The third kappa shape index (κ3) is 18.9. The minimum atomic E-state index is -5.08. The van der Waals surface area contributed by atoms with E-state index in [4.69, 9.17) is 51.2 Å². The van der Waals surface area contributed by atoms with Crippen LogP contribution in [0.15, 0.2) is 61.4 Å². The van der Waals surface area contributed by atoms with Crippen LogP contribution >= 0.6 is 11.6 Å². The van der Waals surface area contributed by atoms with Crippen molar-refractivity contribution >= 4 is 70.3 Å². The van der Waals surface area contributed by atoms with Crippen molar-refractivity contribution in [1.29, 1.82) is 0 Å². The van der Waals surface area contributed by atoms with Gasteiger partial charge in [-0.2, -0.15) is 57.7 Å². The van der Waals surface area contributed by atoms with Gasteiger partial charge in [0, 0.05) is 55.2 Å². The molecule has 5 heterocycles. The van der Waals surface area contributed by atoms with E-state index in [0.717, 1.165) is 46.7 Å². The largest absolute Gasteiger partial charge is 0.490 e. The van der Waals surface area contributed by atoms with Gasteiger partial charge in [0.05, 0.1) is 23.8 Å². The molecule has 1 aromatic carbocycles. The van der Waals surface area contributed by atoms with Crippen molar-refractivity contribution in [2.24, 2.45) is 0 Å². The minimum Gasteiger partial charge on any atom is -0.475 e. The second kappa shape index (κ2) is 22.9. The van der Waals surface area contributed by atoms with Gasteiger partial charge in [-0.15, -0.1) is 0 Å². The number of carbonyl (C=O) groups is 5. The zero-order chi connectivity index (χ0) is 49.5. The predicted molar refractivity (Wildman–Crippen MR) is 196 cm³/mol. The molecule has 3 aromatic heterocycles. The maximum atomic E-state index is 13.2. The van der Waals surface area contributed by atoms with E-state index >= 15 is 0 Å². The number of carboxylic acid groups (broad SMARTS) is 4. The number of likely N-dealkylation sites (tertiary alicyclic amines) is 1. The number of amides is 2. The number of hydrogen-bond acceptors (Lipinski definition) is 12. The number of halogens is 13. The Morgan fingerprint density at radius 3 is 1.74 bits per heavy atom. The Hall–Kier alpha value is -7.27. The van der Waals surface area contributed by atoms with Crippen LogP contribution < -0.4 is 16.0 Å². The first-order chi connectivity index (χ1) is 29.9. The van der Waals surface area contributed by atoms with Gasteiger partial charge >= 0.3 is 54.6 Å². The average Bonchev–Trinajstić information content (AvgIpc) is 3.70. The molecule has 1 fully saturated rings. The summed E-state index contributed by atoms with van der Waals surface area (Å²) in [5.74, 6) is -9.94. The van der Waals surface area contributed by atoms with Crippen LogP contribution in [0.3, 0.4) is 0 Å². The number of fused-ring (bicyclic) bond motifs is 6. The molecule has 18 nitrogen and oxygen atoms in total. The number of hydrogen-bond donors (Lipinski definition) is 7. The van der Waals surface area contributed by atoms with E-state index in [-0.39, 0.29) is 11.9 Å². The summed E-state index contributed by atoms with van der Waals surface area (Å²) in [5.41, 5.74) is 5.34. The molecule has 2 amide bonds. The monoisotopic (exact) mass is 969 g/mol. The molecule has 2 aliphatic heterocycles. The fourth-order valence-corrected chi connectivity index (χ4v) is 4.79. The van der Waals surface area contributed by atoms with Crippen LogP contribution in [0.25, 0.3) is 0 Å². The number of anilines is 5. The van der Waals surface area contributed by atoms with Crippen molar-refractivity contribution < 1.29 is 97.1 Å². The van der Waals surface area contributed by atoms with Crippen LogP contribution in [0.4, 0.5) is 86.3 Å². The first-order valence-corrected chi connectivity index (χ1v) is 17.4. The second-order valence-corrected chi connectivity index (χ2v) is 12.7. The van der Waals surface area contributed by atoms with E-state index in [9.17, 15) is 57.5 Å². The molecule has 0 saturated carbocycles. The fourth-order valence-electron chi connectivity index (χ4n) is 4.65. The highest BCUT2D eigenvalue weighted by molar-refractivity contribution is 6.32. The van der Waals surface area contributed by atoms with Gasteiger partial charge in [0.1, 0.15) is 5.02 Å². The number of pyridine rings is 1. The summed E-state index contributed by atoms with van der Waals surface area (Å²) in [4.78, 5) is 72.3. The van der Waals surface area contributed by atoms with E-state index in [0.29, 0.717) is 36.3 Å². The number of carbonyl (C=O) groups excluding carboxylic acids is 1. The molecule has 0 radical (unpaired) electrons. The predicted octanol–water partition coefficient (Wildman–Crippen LogP) is 7.46. The van der Waals surface area contributed by atoms with Gasteiger partial charge < -0.3 is 41.3 Å². The molecule has 1 unspecified atom stereocenters. The molecule has 1 saturated heterocycles. The normalized spacial score (nSPS) is 14.2. The molecule has 354 valence electrons. The Bertz CT molecular complexity index is 2190. The third-order valence-electron chi connectivity index (χ3n) is 7.53. The Morgan fingerprint density at radius 1 is 0.677 bits per heavy atom. The number of rotatable bonds is 2. The quantitative estimate of drug-likeness (QED) is 0.0961. The first kappa shape index (κ1) is 53.9. The summed E-state index contributed by atoms with van der Waals surface area (Å²) < 4.78 is 127. The molecule has 7 N–H and O–H groups in total. The zero-order valence-corrected chi connectivity index (χ0v) is 32.6. The van der Waals surface area contributed by atoms with Crippen LogP contribution in [0.1, 0.15) is 29.2 Å². The molecular weight excluding hydrogens is 942 g/mol. The van der Waals surface area contributed by atoms with Gasteiger partial charge in [0.25, 0.3) is 0 Å². The molecule has 1 atom stereocenters. The topological polar surface area (TPSA) is 270 Å². The molecule has 4 aromatic rings. The van der Waals surface area contributed by atoms with Crippen LogP contribution in [0.5, 0.6) is 0 Å². The third-order valence-corrected chi connectivity index (χ3v) is 7.81. The van der Waals surface area contributed by atoms with Crippen molar-refractivity contribution in [3.63, 3.8) is 0 Å². The molecule has 6 bridgehead atoms. The van der Waals surface area contributed by atoms with Gasteiger partial charge in [-0.05, 0) is 54.7 Å². The Balaban J connectivity index is 0.000000421. The van der Waals surface area contributed by atoms with Crippen molar-refractivity contribution in [3.8, 4) is 0 Å². The van der Waals surface area contributed by atoms with Crippen LogP contribution in [-0.2, 0) is 32.0 Å². The Labute approximate surface area is 359 Å². The summed E-state index contributed by atoms with van der Waals surface area (Å²) >= 11 is 6.36. The van der Waals surface area contributed by atoms with Gasteiger partial charge in [-0.25, -0.2) is 29.0 Å². The number of aliphatic carboxylic acids is 4. The van der Waals surface area contributed by atoms with Crippen molar-refractivity contribution in [2.75, 3.05) is 29.0 Å². The lowest BCUT2D eigenvalue weighted by molar-refractivity contribution is -0.193. The van der Waals surface area contributed by atoms with E-state index in [1.807, 2.05) is 35.4 Å². The lowest BCUT2D eigenvalue weighted by atomic mass is 10.0. The number of nitrogens with one attached hydrogen (secondary N) is 3. The molecule has 2 aliphatic rings. The standard InChI is InChI=1S/C26H24ClN9O.4C2HF3O2/c27-21-13-31-25-33-20-9-16(11-29-12-20)1-2-17-10-19(32-24(21)35-25)3-4-22(17)34-26(37)36-8-5-18(15-36)23-14-28-6-7-30-23;4*3-2(4,5)1(6)7/h3-4,6-7,9-14,18H,1-2,5,8,15H2,(H,34,37)(H2,31,32,33,35);4*(H,6,7). The van der Waals surface area contributed by atoms with Crippen molar-refractivity contribution in [3.05, 3.63) is 83.3 Å². The highest BCUT2D eigenvalue weighted by Crippen LogP contribution is 2.31. The average molecular weight is 970 g/mol. The van der Waals surface area contributed by atoms with E-state index in [1.165, 1.54) is 0 Å². The number of carboxylic acids is 4.